The van der Waals surface area contributed by atoms with Gasteiger partial charge in [-0.25, -0.2) is 9.97 Å². The molecule has 5 nitrogen and oxygen atoms in total. The molecule has 1 amide bonds. The Morgan fingerprint density at radius 1 is 0.857 bits per heavy atom. The maximum absolute atomic E-state index is 12.8. The first kappa shape index (κ1) is 19.5. The number of nitrogens with zero attached hydrogens (tertiary/aromatic N) is 2. The van der Waals surface area contributed by atoms with Crippen molar-refractivity contribution in [2.24, 2.45) is 0 Å². The lowest BCUT2D eigenvalue weighted by Gasteiger charge is -2.13. The van der Waals surface area contributed by atoms with Gasteiger partial charge in [0.1, 0.15) is 5.69 Å². The first-order chi connectivity index (χ1) is 13.3. The van der Waals surface area contributed by atoms with Crippen LogP contribution < -0.4 is 10.6 Å². The molecule has 3 rings (SSSR count). The minimum atomic E-state index is -0.237. The third-order valence-electron chi connectivity index (χ3n) is 4.57. The molecule has 0 aliphatic carbocycles. The van der Waals surface area contributed by atoms with Crippen molar-refractivity contribution in [2.75, 3.05) is 10.6 Å². The molecule has 0 saturated carbocycles. The summed E-state index contributed by atoms with van der Waals surface area (Å²) in [6.07, 6.45) is 0. The topological polar surface area (TPSA) is 66.9 Å². The molecular weight excluding hydrogens is 348 g/mol. The van der Waals surface area contributed by atoms with Gasteiger partial charge in [-0.15, -0.1) is 0 Å². The van der Waals surface area contributed by atoms with Crippen molar-refractivity contribution in [3.8, 4) is 0 Å². The van der Waals surface area contributed by atoms with E-state index in [1.807, 2.05) is 27.7 Å². The van der Waals surface area contributed by atoms with E-state index in [4.69, 9.17) is 0 Å². The monoisotopic (exact) mass is 374 g/mol. The van der Waals surface area contributed by atoms with Gasteiger partial charge in [0, 0.05) is 17.9 Å². The minimum Gasteiger partial charge on any atom is -0.350 e. The van der Waals surface area contributed by atoms with E-state index in [-0.39, 0.29) is 5.91 Å². The van der Waals surface area contributed by atoms with Gasteiger partial charge in [-0.3, -0.25) is 4.79 Å². The Morgan fingerprint density at radius 2 is 1.50 bits per heavy atom. The molecule has 2 N–H and O–H groups in total. The van der Waals surface area contributed by atoms with Crippen LogP contribution in [-0.2, 0) is 6.54 Å². The molecule has 0 aliphatic rings. The summed E-state index contributed by atoms with van der Waals surface area (Å²) in [5.41, 5.74) is 7.52. The molecule has 144 valence electrons. The Labute approximate surface area is 166 Å². The summed E-state index contributed by atoms with van der Waals surface area (Å²) >= 11 is 0. The highest BCUT2D eigenvalue weighted by atomic mass is 16.1. The van der Waals surface area contributed by atoms with Crippen LogP contribution in [0.3, 0.4) is 0 Å². The zero-order chi connectivity index (χ0) is 20.3. The number of rotatable bonds is 5. The average Bonchev–Trinajstić information content (AvgIpc) is 2.63. The van der Waals surface area contributed by atoms with E-state index in [9.17, 15) is 4.79 Å². The summed E-state index contributed by atoms with van der Waals surface area (Å²) in [7, 11) is 0. The number of carbonyl (C=O) groups excluding carboxylic acids is 1. The van der Waals surface area contributed by atoms with E-state index < -0.39 is 0 Å². The molecule has 28 heavy (non-hydrogen) atoms. The predicted octanol–water partition coefficient (Wildman–Crippen LogP) is 4.88. The van der Waals surface area contributed by atoms with Crippen molar-refractivity contribution < 1.29 is 4.79 Å². The fourth-order valence-electron chi connectivity index (χ4n) is 3.21. The molecule has 1 heterocycles. The summed E-state index contributed by atoms with van der Waals surface area (Å²) in [4.78, 5) is 21.6. The van der Waals surface area contributed by atoms with E-state index >= 15 is 0 Å². The lowest BCUT2D eigenvalue weighted by molar-refractivity contribution is 0.102. The summed E-state index contributed by atoms with van der Waals surface area (Å²) < 4.78 is 0. The van der Waals surface area contributed by atoms with Crippen LogP contribution >= 0.6 is 0 Å². The lowest BCUT2D eigenvalue weighted by Crippen LogP contribution is -2.17. The van der Waals surface area contributed by atoms with Crippen molar-refractivity contribution >= 4 is 17.5 Å². The summed E-state index contributed by atoms with van der Waals surface area (Å²) in [6.45, 7) is 10.6. The standard InChI is InChI=1S/C23H26N4O/c1-14-6-8-19(9-7-14)13-24-23-25-18(5)12-20(26-23)22(28)27-21-16(3)10-15(2)11-17(21)4/h6-12H,13H2,1-5H3,(H,27,28)(H,24,25,26). The van der Waals surface area contributed by atoms with E-state index in [2.05, 4.69) is 63.9 Å². The lowest BCUT2D eigenvalue weighted by atomic mass is 10.0. The Morgan fingerprint density at radius 3 is 2.14 bits per heavy atom. The molecule has 0 spiro atoms. The van der Waals surface area contributed by atoms with Crippen LogP contribution in [0.25, 0.3) is 0 Å². The first-order valence-corrected chi connectivity index (χ1v) is 9.36. The van der Waals surface area contributed by atoms with Crippen molar-refractivity contribution in [1.82, 2.24) is 9.97 Å². The molecule has 0 bridgehead atoms. The van der Waals surface area contributed by atoms with Crippen LogP contribution in [0, 0.1) is 34.6 Å². The third kappa shape index (κ3) is 4.74. The van der Waals surface area contributed by atoms with Gasteiger partial charge in [-0.1, -0.05) is 47.5 Å². The average molecular weight is 374 g/mol. The minimum absolute atomic E-state index is 0.237. The fraction of sp³-hybridized carbons (Fsp3) is 0.261. The second kappa shape index (κ2) is 8.21. The molecule has 1 aromatic heterocycles. The van der Waals surface area contributed by atoms with Gasteiger partial charge in [0.25, 0.3) is 5.91 Å². The van der Waals surface area contributed by atoms with Crippen molar-refractivity contribution in [3.63, 3.8) is 0 Å². The third-order valence-corrected chi connectivity index (χ3v) is 4.57. The number of aromatic nitrogens is 2. The van der Waals surface area contributed by atoms with Crippen molar-refractivity contribution in [2.45, 2.75) is 41.2 Å². The van der Waals surface area contributed by atoms with Crippen molar-refractivity contribution in [1.29, 1.82) is 0 Å². The Bertz CT molecular complexity index is 987. The molecule has 0 saturated heterocycles. The maximum Gasteiger partial charge on any atom is 0.274 e. The van der Waals surface area contributed by atoms with E-state index in [1.54, 1.807) is 6.07 Å². The number of anilines is 2. The van der Waals surface area contributed by atoms with Crippen LogP contribution in [0.4, 0.5) is 11.6 Å². The highest BCUT2D eigenvalue weighted by molar-refractivity contribution is 6.04. The number of hydrogen-bond donors (Lipinski definition) is 2. The molecule has 0 fully saturated rings. The zero-order valence-electron chi connectivity index (χ0n) is 17.1. The summed E-state index contributed by atoms with van der Waals surface area (Å²) in [6, 6.07) is 14.1. The summed E-state index contributed by atoms with van der Waals surface area (Å²) in [5.74, 6) is 0.210. The van der Waals surface area contributed by atoms with Gasteiger partial charge >= 0.3 is 0 Å². The molecule has 0 radical (unpaired) electrons. The van der Waals surface area contributed by atoms with Crippen LogP contribution in [-0.4, -0.2) is 15.9 Å². The van der Waals surface area contributed by atoms with Gasteiger partial charge in [0.15, 0.2) is 0 Å². The maximum atomic E-state index is 12.8. The van der Waals surface area contributed by atoms with Gasteiger partial charge in [-0.2, -0.15) is 0 Å². The Balaban J connectivity index is 1.77. The normalized spacial score (nSPS) is 10.6. The predicted molar refractivity (Wildman–Crippen MR) is 114 cm³/mol. The molecule has 2 aromatic carbocycles. The molecule has 0 aliphatic heterocycles. The van der Waals surface area contributed by atoms with Crippen LogP contribution in [0.15, 0.2) is 42.5 Å². The largest absolute Gasteiger partial charge is 0.350 e. The van der Waals surface area contributed by atoms with Gasteiger partial charge < -0.3 is 10.6 Å². The van der Waals surface area contributed by atoms with Crippen LogP contribution in [0.2, 0.25) is 0 Å². The van der Waals surface area contributed by atoms with E-state index in [0.717, 1.165) is 28.1 Å². The Kier molecular flexibility index (Phi) is 5.73. The number of benzene rings is 2. The highest BCUT2D eigenvalue weighted by Crippen LogP contribution is 2.22. The van der Waals surface area contributed by atoms with Crippen LogP contribution in [0.1, 0.15) is 44.0 Å². The number of nitrogens with one attached hydrogen (secondary N) is 2. The van der Waals surface area contributed by atoms with E-state index in [1.165, 1.54) is 11.1 Å². The Hall–Kier alpha value is -3.21. The van der Waals surface area contributed by atoms with Crippen LogP contribution in [0.5, 0.6) is 0 Å². The smallest absolute Gasteiger partial charge is 0.274 e. The second-order valence-corrected chi connectivity index (χ2v) is 7.29. The molecule has 5 heteroatoms. The first-order valence-electron chi connectivity index (χ1n) is 9.36. The number of hydrogen-bond acceptors (Lipinski definition) is 4. The number of carbonyl (C=O) groups is 1. The second-order valence-electron chi connectivity index (χ2n) is 7.29. The molecule has 3 aromatic rings. The molecule has 0 unspecified atom stereocenters. The fourth-order valence-corrected chi connectivity index (χ4v) is 3.21. The number of amides is 1. The molecular formula is C23H26N4O. The van der Waals surface area contributed by atoms with Gasteiger partial charge in [-0.05, 0) is 57.4 Å². The van der Waals surface area contributed by atoms with Crippen molar-refractivity contribution in [3.05, 3.63) is 81.7 Å². The quantitative estimate of drug-likeness (QED) is 0.668. The SMILES string of the molecule is Cc1ccc(CNc2nc(C)cc(C(=O)Nc3c(C)cc(C)cc3C)n2)cc1. The highest BCUT2D eigenvalue weighted by Gasteiger charge is 2.14. The van der Waals surface area contributed by atoms with Gasteiger partial charge in [0.2, 0.25) is 5.95 Å². The summed E-state index contributed by atoms with van der Waals surface area (Å²) in [5, 5.41) is 6.21. The van der Waals surface area contributed by atoms with Gasteiger partial charge in [0.05, 0.1) is 0 Å². The zero-order valence-corrected chi connectivity index (χ0v) is 17.1. The van der Waals surface area contributed by atoms with E-state index in [0.29, 0.717) is 18.2 Å². The number of aryl methyl sites for hydroxylation is 5. The molecule has 0 atom stereocenters.